The highest BCUT2D eigenvalue weighted by atomic mass is 19.1. The van der Waals surface area contributed by atoms with E-state index in [-0.39, 0.29) is 35.7 Å². The summed E-state index contributed by atoms with van der Waals surface area (Å²) in [6.45, 7) is 7.93. The van der Waals surface area contributed by atoms with E-state index in [1.807, 2.05) is 19.9 Å². The molecule has 0 radical (unpaired) electrons. The molecule has 0 aromatic heterocycles. The number of nitrogens with zero attached hydrogens (tertiary/aromatic N) is 3. The predicted molar refractivity (Wildman–Crippen MR) is 131 cm³/mol. The van der Waals surface area contributed by atoms with E-state index in [1.165, 1.54) is 12.1 Å². The van der Waals surface area contributed by atoms with Crippen LogP contribution in [0.3, 0.4) is 0 Å². The molecule has 1 amide bonds. The summed E-state index contributed by atoms with van der Waals surface area (Å²) in [6, 6.07) is 15.2. The molecule has 0 bridgehead atoms. The number of halogens is 1. The van der Waals surface area contributed by atoms with Crippen molar-refractivity contribution in [2.24, 2.45) is 11.1 Å². The monoisotopic (exact) mass is 468 g/mol. The molecule has 2 aromatic carbocycles. The van der Waals surface area contributed by atoms with Gasteiger partial charge in [-0.15, -0.1) is 6.58 Å². The summed E-state index contributed by atoms with van der Waals surface area (Å²) in [5, 5.41) is 10.4. The largest absolute Gasteiger partial charge is 0.384 e. The van der Waals surface area contributed by atoms with Gasteiger partial charge in [0, 0.05) is 35.5 Å². The summed E-state index contributed by atoms with van der Waals surface area (Å²) in [7, 11) is 0. The van der Waals surface area contributed by atoms with Crippen molar-refractivity contribution in [2.75, 3.05) is 16.3 Å². The Hall–Kier alpha value is -4.18. The van der Waals surface area contributed by atoms with Crippen LogP contribution in [0.25, 0.3) is 0 Å². The minimum atomic E-state index is -1.66. The fraction of sp³-hybridized carbons (Fsp3) is 0.250. The van der Waals surface area contributed by atoms with Crippen molar-refractivity contribution in [1.29, 1.82) is 5.26 Å². The van der Waals surface area contributed by atoms with Gasteiger partial charge in [0.2, 0.25) is 5.91 Å². The highest BCUT2D eigenvalue weighted by Crippen LogP contribution is 2.58. The van der Waals surface area contributed by atoms with E-state index in [2.05, 4.69) is 12.6 Å². The molecule has 6 nitrogen and oxygen atoms in total. The number of fused-ring (bicyclic) bond motifs is 3. The lowest BCUT2D eigenvalue weighted by molar-refractivity contribution is -0.125. The number of anilines is 2. The van der Waals surface area contributed by atoms with E-state index >= 15 is 0 Å². The maximum atomic E-state index is 14.3. The first kappa shape index (κ1) is 22.6. The van der Waals surface area contributed by atoms with Crippen molar-refractivity contribution in [3.05, 3.63) is 95.2 Å². The van der Waals surface area contributed by atoms with Crippen molar-refractivity contribution in [3.63, 3.8) is 0 Å². The number of ketones is 1. The van der Waals surface area contributed by atoms with Crippen LogP contribution in [-0.2, 0) is 15.0 Å². The second-order valence-electron chi connectivity index (χ2n) is 9.92. The molecule has 1 unspecified atom stereocenters. The zero-order chi connectivity index (χ0) is 25.1. The molecular formula is C28H25FN4O2. The van der Waals surface area contributed by atoms with Gasteiger partial charge in [0.15, 0.2) is 5.78 Å². The molecular weight excluding hydrogens is 443 g/mol. The Balaban J connectivity index is 1.91. The van der Waals surface area contributed by atoms with Crippen LogP contribution in [0.15, 0.2) is 83.9 Å². The summed E-state index contributed by atoms with van der Waals surface area (Å²) in [5.41, 5.74) is 6.89. The van der Waals surface area contributed by atoms with Gasteiger partial charge in [-0.05, 0) is 36.1 Å². The van der Waals surface area contributed by atoms with Crippen LogP contribution in [0.2, 0.25) is 0 Å². The van der Waals surface area contributed by atoms with Crippen LogP contribution in [0, 0.1) is 22.6 Å². The van der Waals surface area contributed by atoms with Crippen LogP contribution in [0.5, 0.6) is 0 Å². The van der Waals surface area contributed by atoms with Gasteiger partial charge in [0.05, 0.1) is 11.3 Å². The molecule has 3 aliphatic rings. The predicted octanol–water partition coefficient (Wildman–Crippen LogP) is 4.45. The smallest absolute Gasteiger partial charge is 0.248 e. The topological polar surface area (TPSA) is 90.4 Å². The normalized spacial score (nSPS) is 22.9. The van der Waals surface area contributed by atoms with E-state index in [9.17, 15) is 19.2 Å². The van der Waals surface area contributed by atoms with Crippen LogP contribution in [0.1, 0.15) is 32.3 Å². The van der Waals surface area contributed by atoms with Crippen LogP contribution in [-0.4, -0.2) is 18.2 Å². The molecule has 0 saturated carbocycles. The zero-order valence-electron chi connectivity index (χ0n) is 19.6. The molecule has 1 spiro atoms. The molecule has 0 saturated heterocycles. The first-order chi connectivity index (χ1) is 16.7. The van der Waals surface area contributed by atoms with Gasteiger partial charge in [-0.3, -0.25) is 14.5 Å². The van der Waals surface area contributed by atoms with Gasteiger partial charge in [-0.25, -0.2) is 4.39 Å². The quantitative estimate of drug-likeness (QED) is 0.672. The Kier molecular flexibility index (Phi) is 4.95. The van der Waals surface area contributed by atoms with E-state index in [1.54, 1.807) is 46.2 Å². The molecule has 7 heteroatoms. The summed E-state index contributed by atoms with van der Waals surface area (Å²) in [6.07, 6.45) is 2.23. The van der Waals surface area contributed by atoms with Crippen molar-refractivity contribution >= 4 is 23.1 Å². The van der Waals surface area contributed by atoms with Crippen LogP contribution >= 0.6 is 0 Å². The third-order valence-corrected chi connectivity index (χ3v) is 7.02. The van der Waals surface area contributed by atoms with Crippen LogP contribution < -0.4 is 15.5 Å². The van der Waals surface area contributed by atoms with E-state index in [0.717, 1.165) is 0 Å². The van der Waals surface area contributed by atoms with Gasteiger partial charge in [0.1, 0.15) is 23.1 Å². The molecule has 176 valence electrons. The number of amides is 1. The molecule has 35 heavy (non-hydrogen) atoms. The molecule has 1 aliphatic carbocycles. The average molecular weight is 469 g/mol. The zero-order valence-corrected chi connectivity index (χ0v) is 19.6. The summed E-state index contributed by atoms with van der Waals surface area (Å²) < 4.78 is 14.3. The van der Waals surface area contributed by atoms with E-state index in [4.69, 9.17) is 5.73 Å². The third-order valence-electron chi connectivity index (χ3n) is 7.02. The average Bonchev–Trinajstić information content (AvgIpc) is 3.02. The summed E-state index contributed by atoms with van der Waals surface area (Å²) in [5.74, 6) is -1.08. The highest BCUT2D eigenvalue weighted by molar-refractivity contribution is 6.21. The number of nitrogens with two attached hydrogens (primary N) is 1. The lowest BCUT2D eigenvalue weighted by Gasteiger charge is -2.47. The van der Waals surface area contributed by atoms with Crippen LogP contribution in [0.4, 0.5) is 15.8 Å². The standard InChI is InChI=1S/C28H25FN4O2/c1-4-12-32-21-11-6-5-10-19(21)28(26(32)35)20(16-30)25(31)33(18-9-7-8-17(29)13-18)22-14-27(2,3)15-23(34)24(22)28/h4-11,13H,1,12,14-15,31H2,2-3H3. The number of benzene rings is 2. The second kappa shape index (κ2) is 7.67. The lowest BCUT2D eigenvalue weighted by Crippen LogP contribution is -2.53. The Labute approximate surface area is 203 Å². The fourth-order valence-corrected chi connectivity index (χ4v) is 5.78. The third kappa shape index (κ3) is 2.99. The highest BCUT2D eigenvalue weighted by Gasteiger charge is 2.63. The van der Waals surface area contributed by atoms with Crippen molar-refractivity contribution in [1.82, 2.24) is 0 Å². The SMILES string of the molecule is C=CCN1C(=O)C2(C(C#N)=C(N)N(c3cccc(F)c3)C3=C2C(=O)CC(C)(C)C3)c2ccccc21. The minimum Gasteiger partial charge on any atom is -0.384 e. The maximum Gasteiger partial charge on any atom is 0.248 e. The van der Waals surface area contributed by atoms with Gasteiger partial charge < -0.3 is 10.6 Å². The van der Waals surface area contributed by atoms with Gasteiger partial charge in [-0.1, -0.05) is 44.2 Å². The molecule has 2 aromatic rings. The number of carbonyl (C=O) groups is 2. The molecule has 2 aliphatic heterocycles. The number of carbonyl (C=O) groups excluding carboxylic acids is 2. The Bertz CT molecular complexity index is 1410. The number of para-hydroxylation sites is 1. The van der Waals surface area contributed by atoms with Crippen molar-refractivity contribution in [2.45, 2.75) is 32.1 Å². The number of allylic oxidation sites excluding steroid dienone is 1. The van der Waals surface area contributed by atoms with E-state index in [0.29, 0.717) is 29.1 Å². The number of rotatable bonds is 3. The number of Topliss-reactive ketones (excluding diaryl/α,β-unsaturated/α-hetero) is 1. The van der Waals surface area contributed by atoms with Gasteiger partial charge in [-0.2, -0.15) is 5.26 Å². The van der Waals surface area contributed by atoms with E-state index < -0.39 is 22.6 Å². The number of hydrogen-bond donors (Lipinski definition) is 1. The first-order valence-electron chi connectivity index (χ1n) is 11.4. The molecule has 2 N–H and O–H groups in total. The molecule has 2 heterocycles. The lowest BCUT2D eigenvalue weighted by atomic mass is 9.60. The Morgan fingerprint density at radius 1 is 1.17 bits per heavy atom. The first-order valence-corrected chi connectivity index (χ1v) is 11.4. The molecule has 1 atom stereocenters. The van der Waals surface area contributed by atoms with Crippen molar-refractivity contribution in [3.8, 4) is 6.07 Å². The fourth-order valence-electron chi connectivity index (χ4n) is 5.78. The maximum absolute atomic E-state index is 14.3. The van der Waals surface area contributed by atoms with Gasteiger partial charge in [0.25, 0.3) is 0 Å². The number of hydrogen-bond acceptors (Lipinski definition) is 5. The molecule has 0 fully saturated rings. The Morgan fingerprint density at radius 3 is 2.60 bits per heavy atom. The Morgan fingerprint density at radius 2 is 1.91 bits per heavy atom. The summed E-state index contributed by atoms with van der Waals surface area (Å²) >= 11 is 0. The molecule has 5 rings (SSSR count). The summed E-state index contributed by atoms with van der Waals surface area (Å²) in [4.78, 5) is 31.3. The second-order valence-corrected chi connectivity index (χ2v) is 9.92. The number of nitriles is 1. The van der Waals surface area contributed by atoms with Crippen molar-refractivity contribution < 1.29 is 14.0 Å². The minimum absolute atomic E-state index is 0.0194. The van der Waals surface area contributed by atoms with Gasteiger partial charge >= 0.3 is 0 Å².